The maximum absolute atomic E-state index is 15.4. The molecule has 3 heterocycles. The van der Waals surface area contributed by atoms with Crippen molar-refractivity contribution in [2.75, 3.05) is 32.5 Å². The van der Waals surface area contributed by atoms with Crippen LogP contribution in [-0.2, 0) is 4.79 Å². The number of thioether (sulfide) groups is 1. The van der Waals surface area contributed by atoms with Gasteiger partial charge >= 0.3 is 5.97 Å². The Hall–Kier alpha value is -2.78. The molecule has 1 N–H and O–H groups in total. The lowest BCUT2D eigenvalue weighted by molar-refractivity contribution is -0.139. The zero-order chi connectivity index (χ0) is 24.6. The molecule has 0 amide bonds. The molecule has 0 unspecified atom stereocenters. The third-order valence-electron chi connectivity index (χ3n) is 6.73. The average molecular weight is 499 g/mol. The van der Waals surface area contributed by atoms with Crippen molar-refractivity contribution in [2.24, 2.45) is 11.8 Å². The summed E-state index contributed by atoms with van der Waals surface area (Å²) in [5, 5.41) is 19.1. The molecule has 0 aliphatic carbocycles. The fourth-order valence-electron chi connectivity index (χ4n) is 4.90. The number of methoxy groups -OCH3 is 1. The predicted molar refractivity (Wildman–Crippen MR) is 134 cm³/mol. The molecule has 186 valence electrons. The molecular formula is C26H31FN4O3S. The van der Waals surface area contributed by atoms with Gasteiger partial charge in [-0.2, -0.15) is 5.10 Å². The monoisotopic (exact) mass is 498 g/mol. The van der Waals surface area contributed by atoms with Crippen molar-refractivity contribution in [3.05, 3.63) is 54.4 Å². The fourth-order valence-corrected chi connectivity index (χ4v) is 5.74. The van der Waals surface area contributed by atoms with E-state index in [-0.39, 0.29) is 18.3 Å². The number of carboxylic acids is 1. The molecule has 3 atom stereocenters. The number of likely N-dealkylation sites (tertiary alicyclic amines) is 1. The van der Waals surface area contributed by atoms with Gasteiger partial charge in [-0.1, -0.05) is 0 Å². The topological polar surface area (TPSA) is 88.4 Å². The van der Waals surface area contributed by atoms with Crippen LogP contribution in [0.4, 0.5) is 4.39 Å². The van der Waals surface area contributed by atoms with Crippen LogP contribution in [-0.4, -0.2) is 63.7 Å². The van der Waals surface area contributed by atoms with Gasteiger partial charge in [-0.15, -0.1) is 16.9 Å². The lowest BCUT2D eigenvalue weighted by Crippen LogP contribution is -2.42. The lowest BCUT2D eigenvalue weighted by Gasteiger charge is -2.38. The molecule has 3 aromatic rings. The number of nitrogens with zero attached hydrogens (tertiary/aromatic N) is 4. The van der Waals surface area contributed by atoms with E-state index in [0.717, 1.165) is 47.7 Å². The van der Waals surface area contributed by atoms with Crippen LogP contribution in [0.25, 0.3) is 10.9 Å². The number of rotatable bonds is 11. The van der Waals surface area contributed by atoms with Crippen LogP contribution in [0.2, 0.25) is 0 Å². The van der Waals surface area contributed by atoms with E-state index in [9.17, 15) is 9.90 Å². The lowest BCUT2D eigenvalue weighted by atomic mass is 9.79. The maximum atomic E-state index is 15.4. The molecule has 0 radical (unpaired) electrons. The number of hydrogen-bond acceptors (Lipinski definition) is 7. The molecule has 7 nitrogen and oxygen atoms in total. The first kappa shape index (κ1) is 25.3. The van der Waals surface area contributed by atoms with E-state index in [0.29, 0.717) is 24.2 Å². The van der Waals surface area contributed by atoms with Crippen LogP contribution in [0, 0.1) is 11.8 Å². The SMILES string of the molecule is COc1ccc2nccc([C@H](F)CC[C@@H]3CCN(CCSc4cccnn4)C[C@@H]3CC(=O)O)c2c1. The highest BCUT2D eigenvalue weighted by Crippen LogP contribution is 2.36. The number of hydrogen-bond donors (Lipinski definition) is 1. The number of aromatic nitrogens is 3. The van der Waals surface area contributed by atoms with Crippen molar-refractivity contribution < 1.29 is 19.0 Å². The molecule has 1 saturated heterocycles. The van der Waals surface area contributed by atoms with Crippen LogP contribution < -0.4 is 4.74 Å². The Morgan fingerprint density at radius 1 is 1.29 bits per heavy atom. The van der Waals surface area contributed by atoms with Gasteiger partial charge in [0.25, 0.3) is 0 Å². The summed E-state index contributed by atoms with van der Waals surface area (Å²) in [5.74, 6) is 0.958. The average Bonchev–Trinajstić information content (AvgIpc) is 2.87. The molecule has 1 aliphatic heterocycles. The summed E-state index contributed by atoms with van der Waals surface area (Å²) in [4.78, 5) is 18.2. The Balaban J connectivity index is 1.35. The first-order valence-corrected chi connectivity index (χ1v) is 12.9. The highest BCUT2D eigenvalue weighted by atomic mass is 32.2. The number of carbonyl (C=O) groups is 1. The van der Waals surface area contributed by atoms with Crippen molar-refractivity contribution in [3.63, 3.8) is 0 Å². The second kappa shape index (κ2) is 12.3. The van der Waals surface area contributed by atoms with Gasteiger partial charge in [-0.25, -0.2) is 4.39 Å². The van der Waals surface area contributed by atoms with Crippen LogP contribution >= 0.6 is 11.8 Å². The molecule has 0 saturated carbocycles. The summed E-state index contributed by atoms with van der Waals surface area (Å²) < 4.78 is 20.7. The molecule has 1 aromatic carbocycles. The second-order valence-electron chi connectivity index (χ2n) is 8.95. The largest absolute Gasteiger partial charge is 0.497 e. The van der Waals surface area contributed by atoms with Gasteiger partial charge in [-0.3, -0.25) is 9.78 Å². The first-order chi connectivity index (χ1) is 17.0. The smallest absolute Gasteiger partial charge is 0.303 e. The highest BCUT2D eigenvalue weighted by molar-refractivity contribution is 7.99. The van der Waals surface area contributed by atoms with Gasteiger partial charge in [0.15, 0.2) is 0 Å². The Labute approximate surface area is 209 Å². The van der Waals surface area contributed by atoms with E-state index in [4.69, 9.17) is 4.74 Å². The molecule has 9 heteroatoms. The van der Waals surface area contributed by atoms with Crippen molar-refractivity contribution >= 4 is 28.6 Å². The van der Waals surface area contributed by atoms with E-state index in [2.05, 4.69) is 20.1 Å². The predicted octanol–water partition coefficient (Wildman–Crippen LogP) is 5.03. The van der Waals surface area contributed by atoms with Crippen molar-refractivity contribution in [2.45, 2.75) is 36.9 Å². The molecule has 0 bridgehead atoms. The third kappa shape index (κ3) is 6.89. The molecule has 1 aliphatic rings. The van der Waals surface area contributed by atoms with Crippen LogP contribution in [0.1, 0.15) is 37.4 Å². The Morgan fingerprint density at radius 3 is 2.94 bits per heavy atom. The fraction of sp³-hybridized carbons (Fsp3) is 0.462. The zero-order valence-electron chi connectivity index (χ0n) is 19.8. The molecule has 1 fully saturated rings. The number of piperidine rings is 1. The maximum Gasteiger partial charge on any atom is 0.303 e. The Bertz CT molecular complexity index is 1120. The number of ether oxygens (including phenoxy) is 1. The van der Waals surface area contributed by atoms with Gasteiger partial charge < -0.3 is 14.7 Å². The van der Waals surface area contributed by atoms with Crippen molar-refractivity contribution in [1.29, 1.82) is 0 Å². The van der Waals surface area contributed by atoms with Crippen LogP contribution in [0.3, 0.4) is 0 Å². The number of aliphatic carboxylic acids is 1. The number of carboxylic acid groups (broad SMARTS) is 1. The number of fused-ring (bicyclic) bond motifs is 1. The van der Waals surface area contributed by atoms with Crippen molar-refractivity contribution in [3.8, 4) is 5.75 Å². The van der Waals surface area contributed by atoms with Gasteiger partial charge in [0, 0.05) is 43.0 Å². The van der Waals surface area contributed by atoms with E-state index in [1.807, 2.05) is 30.3 Å². The minimum absolute atomic E-state index is 0.0178. The van der Waals surface area contributed by atoms with Gasteiger partial charge in [0.1, 0.15) is 16.9 Å². The number of alkyl halides is 1. The van der Waals surface area contributed by atoms with Gasteiger partial charge in [-0.05, 0) is 79.6 Å². The summed E-state index contributed by atoms with van der Waals surface area (Å²) in [7, 11) is 1.59. The number of halogens is 1. The van der Waals surface area contributed by atoms with Gasteiger partial charge in [0.2, 0.25) is 0 Å². The van der Waals surface area contributed by atoms with E-state index in [1.165, 1.54) is 0 Å². The third-order valence-corrected chi connectivity index (χ3v) is 7.63. The molecule has 2 aromatic heterocycles. The van der Waals surface area contributed by atoms with E-state index in [1.54, 1.807) is 37.3 Å². The zero-order valence-corrected chi connectivity index (χ0v) is 20.7. The molecule has 35 heavy (non-hydrogen) atoms. The summed E-state index contributed by atoms with van der Waals surface area (Å²) in [6.07, 6.45) is 4.17. The minimum atomic E-state index is -1.14. The Morgan fingerprint density at radius 2 is 2.17 bits per heavy atom. The quantitative estimate of drug-likeness (QED) is 0.368. The Kier molecular flexibility index (Phi) is 8.87. The summed E-state index contributed by atoms with van der Waals surface area (Å²) >= 11 is 1.65. The van der Waals surface area contributed by atoms with Gasteiger partial charge in [0.05, 0.1) is 12.6 Å². The van der Waals surface area contributed by atoms with Crippen LogP contribution in [0.15, 0.2) is 53.8 Å². The summed E-state index contributed by atoms with van der Waals surface area (Å²) in [6, 6.07) is 11.0. The van der Waals surface area contributed by atoms with Crippen LogP contribution in [0.5, 0.6) is 5.75 Å². The summed E-state index contributed by atoms with van der Waals surface area (Å²) in [6.45, 7) is 2.49. The molecule has 0 spiro atoms. The van der Waals surface area contributed by atoms with E-state index < -0.39 is 12.1 Å². The standard InChI is InChI=1S/C26H31FN4O3S/c1-34-20-5-7-24-22(16-20)21(8-11-28-24)23(27)6-4-18-9-12-31(17-19(18)15-26(32)33)13-14-35-25-3-2-10-29-30-25/h2-3,5,7-8,10-11,16,18-19,23H,4,6,9,12-15,17H2,1H3,(H,32,33)/t18-,19+,23-/m1/s1. The van der Waals surface area contributed by atoms with Crippen molar-refractivity contribution in [1.82, 2.24) is 20.1 Å². The number of benzene rings is 1. The minimum Gasteiger partial charge on any atom is -0.497 e. The molecular weight excluding hydrogens is 467 g/mol. The normalized spacial score (nSPS) is 19.5. The highest BCUT2D eigenvalue weighted by Gasteiger charge is 2.31. The second-order valence-corrected chi connectivity index (χ2v) is 10.1. The number of pyridine rings is 1. The van der Waals surface area contributed by atoms with E-state index >= 15 is 4.39 Å². The first-order valence-electron chi connectivity index (χ1n) is 11.9. The molecule has 4 rings (SSSR count). The summed E-state index contributed by atoms with van der Waals surface area (Å²) in [5.41, 5.74) is 1.35.